The zero-order valence-electron chi connectivity index (χ0n) is 18.5. The second-order valence-electron chi connectivity index (χ2n) is 7.51. The molecular formula is C24H22N6O4. The topological polar surface area (TPSA) is 156 Å². The summed E-state index contributed by atoms with van der Waals surface area (Å²) in [5, 5.41) is 18.9. The molecule has 0 atom stereocenters. The first-order valence-electron chi connectivity index (χ1n) is 10.3. The number of benzene rings is 2. The summed E-state index contributed by atoms with van der Waals surface area (Å²) in [6.07, 6.45) is 6.11. The zero-order chi connectivity index (χ0) is 24.2. The van der Waals surface area contributed by atoms with Crippen molar-refractivity contribution in [3.8, 4) is 0 Å². The van der Waals surface area contributed by atoms with E-state index in [4.69, 9.17) is 20.4 Å². The number of aliphatic carboxylic acids is 1. The van der Waals surface area contributed by atoms with Gasteiger partial charge in [0.2, 0.25) is 5.95 Å². The van der Waals surface area contributed by atoms with Crippen molar-refractivity contribution in [1.29, 1.82) is 0 Å². The molecule has 10 nitrogen and oxygen atoms in total. The number of aromatic amines is 1. The van der Waals surface area contributed by atoms with Crippen molar-refractivity contribution < 1.29 is 19.4 Å². The fourth-order valence-electron chi connectivity index (χ4n) is 3.81. The van der Waals surface area contributed by atoms with E-state index < -0.39 is 5.97 Å². The largest absolute Gasteiger partial charge is 0.481 e. The van der Waals surface area contributed by atoms with E-state index in [0.717, 1.165) is 45.8 Å². The number of H-pyrrole nitrogens is 1. The fraction of sp³-hybridized carbons (Fsp3) is 0.125. The molecular weight excluding hydrogens is 436 g/mol. The number of nitrogens with one attached hydrogen (secondary N) is 2. The molecule has 0 bridgehead atoms. The molecule has 0 amide bonds. The Kier molecular flexibility index (Phi) is 6.22. The lowest BCUT2D eigenvalue weighted by Gasteiger charge is -2.11. The van der Waals surface area contributed by atoms with Gasteiger partial charge >= 0.3 is 5.97 Å². The molecule has 2 aromatic carbocycles. The van der Waals surface area contributed by atoms with Crippen LogP contribution < -0.4 is 11.1 Å². The summed E-state index contributed by atoms with van der Waals surface area (Å²) in [5.41, 5.74) is 12.1. The number of hydrogen-bond donors (Lipinski definition) is 4. The van der Waals surface area contributed by atoms with Crippen molar-refractivity contribution in [2.24, 2.45) is 0 Å². The molecule has 10 heteroatoms. The lowest BCUT2D eigenvalue weighted by Crippen LogP contribution is -2.05. The number of hydrogen-bond acceptors (Lipinski definition) is 8. The molecule has 1 aliphatic rings. The predicted molar refractivity (Wildman–Crippen MR) is 128 cm³/mol. The monoisotopic (exact) mass is 458 g/mol. The zero-order valence-corrected chi connectivity index (χ0v) is 18.5. The number of ether oxygens (including phenoxy) is 1. The Labute approximate surface area is 194 Å². The first kappa shape index (κ1) is 22.5. The molecule has 4 aromatic rings. The fourth-order valence-corrected chi connectivity index (χ4v) is 3.81. The van der Waals surface area contributed by atoms with Crippen LogP contribution in [-0.2, 0) is 16.0 Å². The third kappa shape index (κ3) is 4.70. The number of carboxylic acid groups (broad SMARTS) is 1. The lowest BCUT2D eigenvalue weighted by molar-refractivity contribution is -0.134. The van der Waals surface area contributed by atoms with Gasteiger partial charge in [-0.1, -0.05) is 18.2 Å². The van der Waals surface area contributed by atoms with Gasteiger partial charge in [-0.15, -0.1) is 0 Å². The Bertz CT molecular complexity index is 1420. The molecule has 0 fully saturated rings. The summed E-state index contributed by atoms with van der Waals surface area (Å²) >= 11 is 0. The van der Waals surface area contributed by atoms with Crippen molar-refractivity contribution in [1.82, 2.24) is 20.2 Å². The van der Waals surface area contributed by atoms with Gasteiger partial charge < -0.3 is 20.9 Å². The molecule has 0 saturated heterocycles. The van der Waals surface area contributed by atoms with E-state index >= 15 is 0 Å². The van der Waals surface area contributed by atoms with Gasteiger partial charge in [0.1, 0.15) is 5.82 Å². The third-order valence-corrected chi connectivity index (χ3v) is 5.16. The number of aromatic nitrogens is 4. The number of nitrogens with zero attached hydrogens (tertiary/aromatic N) is 3. The van der Waals surface area contributed by atoms with Gasteiger partial charge in [-0.05, 0) is 47.4 Å². The second kappa shape index (κ2) is 9.41. The molecule has 172 valence electrons. The molecule has 0 spiro atoms. The van der Waals surface area contributed by atoms with Crippen molar-refractivity contribution in [3.05, 3.63) is 71.0 Å². The van der Waals surface area contributed by atoms with E-state index in [1.54, 1.807) is 24.5 Å². The summed E-state index contributed by atoms with van der Waals surface area (Å²) in [4.78, 5) is 29.3. The maximum atomic E-state index is 12.2. The quantitative estimate of drug-likeness (QED) is 0.335. The van der Waals surface area contributed by atoms with Crippen molar-refractivity contribution in [2.45, 2.75) is 13.3 Å². The van der Waals surface area contributed by atoms with Crippen LogP contribution in [-0.4, -0.2) is 44.3 Å². The van der Waals surface area contributed by atoms with Gasteiger partial charge in [0, 0.05) is 29.8 Å². The van der Waals surface area contributed by atoms with Crippen LogP contribution in [0.4, 0.5) is 17.5 Å². The molecule has 1 aliphatic carbocycles. The first-order valence-corrected chi connectivity index (χ1v) is 10.3. The molecule has 5 rings (SSSR count). The summed E-state index contributed by atoms with van der Waals surface area (Å²) in [6.45, 7) is 1.08. The number of carbonyl (C=O) groups is 2. The average molecular weight is 458 g/mol. The Morgan fingerprint density at radius 2 is 2.03 bits per heavy atom. The Balaban J connectivity index is 0.000000636. The smallest absolute Gasteiger partial charge is 0.338 e. The van der Waals surface area contributed by atoms with Gasteiger partial charge in [0.05, 0.1) is 24.4 Å². The van der Waals surface area contributed by atoms with E-state index in [1.165, 1.54) is 7.11 Å². The van der Waals surface area contributed by atoms with Crippen LogP contribution in [0, 0.1) is 0 Å². The molecule has 0 unspecified atom stereocenters. The standard InChI is InChI=1S/C22H18N6O2.C2H4O2/c1-30-21(29)16-4-2-3-12-7-13(9-17(12)16)18-10-15(8-14-11-25-28-20(14)18)26-19-5-6-24-22(23)27-19;1-2(3)4/h2-8,10-11H,9H2,1H3,(H,25,28)(H3,23,24,26,27);1H3,(H,3,4). The van der Waals surface area contributed by atoms with E-state index in [-0.39, 0.29) is 11.9 Å². The van der Waals surface area contributed by atoms with Crippen LogP contribution in [0.15, 0.2) is 48.8 Å². The van der Waals surface area contributed by atoms with E-state index in [2.05, 4.69) is 31.6 Å². The average Bonchev–Trinajstić information content (AvgIpc) is 3.44. The maximum absolute atomic E-state index is 12.2. The Morgan fingerprint density at radius 1 is 1.24 bits per heavy atom. The van der Waals surface area contributed by atoms with Gasteiger partial charge in [0.15, 0.2) is 0 Å². The first-order chi connectivity index (χ1) is 16.4. The minimum atomic E-state index is -0.833. The van der Waals surface area contributed by atoms with Gasteiger partial charge in [-0.2, -0.15) is 10.1 Å². The third-order valence-electron chi connectivity index (χ3n) is 5.16. The highest BCUT2D eigenvalue weighted by Gasteiger charge is 2.23. The van der Waals surface area contributed by atoms with Crippen molar-refractivity contribution in [2.75, 3.05) is 18.2 Å². The van der Waals surface area contributed by atoms with Gasteiger partial charge in [-0.3, -0.25) is 9.89 Å². The molecule has 0 radical (unpaired) electrons. The number of carboxylic acids is 1. The van der Waals surface area contributed by atoms with Crippen LogP contribution in [0.25, 0.3) is 22.6 Å². The van der Waals surface area contributed by atoms with Gasteiger partial charge in [0.25, 0.3) is 5.97 Å². The maximum Gasteiger partial charge on any atom is 0.338 e. The summed E-state index contributed by atoms with van der Waals surface area (Å²) < 4.78 is 4.94. The summed E-state index contributed by atoms with van der Waals surface area (Å²) in [5.74, 6) is -0.355. The number of methoxy groups -OCH3 is 1. The number of fused-ring (bicyclic) bond motifs is 2. The van der Waals surface area contributed by atoms with Gasteiger partial charge in [-0.25, -0.2) is 9.78 Å². The highest BCUT2D eigenvalue weighted by atomic mass is 16.5. The molecule has 2 heterocycles. The van der Waals surface area contributed by atoms with E-state index in [9.17, 15) is 4.79 Å². The van der Waals surface area contributed by atoms with Crippen LogP contribution in [0.2, 0.25) is 0 Å². The number of carbonyl (C=O) groups excluding carboxylic acids is 1. The molecule has 5 N–H and O–H groups in total. The highest BCUT2D eigenvalue weighted by Crippen LogP contribution is 2.38. The predicted octanol–water partition coefficient (Wildman–Crippen LogP) is 3.65. The summed E-state index contributed by atoms with van der Waals surface area (Å²) in [7, 11) is 1.40. The highest BCUT2D eigenvalue weighted by molar-refractivity contribution is 6.03. The number of rotatable bonds is 4. The number of esters is 1. The lowest BCUT2D eigenvalue weighted by atomic mass is 9.98. The Hall–Kier alpha value is -4.73. The van der Waals surface area contributed by atoms with E-state index in [0.29, 0.717) is 17.8 Å². The van der Waals surface area contributed by atoms with Crippen LogP contribution in [0.5, 0.6) is 0 Å². The minimum absolute atomic E-state index is 0.203. The number of allylic oxidation sites excluding steroid dienone is 1. The van der Waals surface area contributed by atoms with Crippen LogP contribution >= 0.6 is 0 Å². The molecule has 2 aromatic heterocycles. The SMILES string of the molecule is CC(=O)O.COC(=O)c1cccc2c1CC(c1cc(Nc3ccnc(N)n3)cc3cn[nH]c13)=C2. The molecule has 34 heavy (non-hydrogen) atoms. The molecule has 0 saturated carbocycles. The van der Waals surface area contributed by atoms with Crippen molar-refractivity contribution in [3.63, 3.8) is 0 Å². The minimum Gasteiger partial charge on any atom is -0.481 e. The summed E-state index contributed by atoms with van der Waals surface area (Å²) in [6, 6.07) is 11.4. The Morgan fingerprint density at radius 3 is 2.76 bits per heavy atom. The number of nitrogens with two attached hydrogens (primary N) is 1. The molecule has 0 aliphatic heterocycles. The number of nitrogen functional groups attached to an aromatic ring is 1. The van der Waals surface area contributed by atoms with E-state index in [1.807, 2.05) is 24.3 Å². The van der Waals surface area contributed by atoms with Crippen LogP contribution in [0.3, 0.4) is 0 Å². The van der Waals surface area contributed by atoms with Crippen LogP contribution in [0.1, 0.15) is 34.0 Å². The van der Waals surface area contributed by atoms with Crippen molar-refractivity contribution >= 4 is 51.9 Å². The second-order valence-corrected chi connectivity index (χ2v) is 7.51. The normalized spacial score (nSPS) is 11.8. The number of anilines is 3.